The Balaban J connectivity index is 2.62. The van der Waals surface area contributed by atoms with Crippen molar-refractivity contribution < 1.29 is 0 Å². The molecule has 2 N–H and O–H groups in total. The van der Waals surface area contributed by atoms with Crippen LogP contribution in [0.5, 0.6) is 0 Å². The smallest absolute Gasteiger partial charge is 0.105 e. The molecule has 0 saturated heterocycles. The number of para-hydroxylation sites is 2. The van der Waals surface area contributed by atoms with Gasteiger partial charge >= 0.3 is 0 Å². The topological polar surface area (TPSA) is 64.2 Å². The lowest BCUT2D eigenvalue weighted by molar-refractivity contribution is 1.20. The maximum atomic E-state index is 5.17. The molecule has 2 rings (SSSR count). The molecular formula is C10H10N4. The zero-order valence-corrected chi connectivity index (χ0v) is 7.81. The number of hydrazone groups is 1. The molecule has 1 aromatic heterocycles. The first kappa shape index (κ1) is 8.62. The molecule has 14 heavy (non-hydrogen) atoms. The second kappa shape index (κ2) is 3.41. The van der Waals surface area contributed by atoms with Gasteiger partial charge in [-0.1, -0.05) is 12.1 Å². The van der Waals surface area contributed by atoms with E-state index >= 15 is 0 Å². The number of hydrogen-bond donors (Lipinski definition) is 1. The Hall–Kier alpha value is -1.97. The summed E-state index contributed by atoms with van der Waals surface area (Å²) in [4.78, 5) is 8.62. The molecule has 70 valence electrons. The number of nitrogens with zero attached hydrogens (tertiary/aromatic N) is 3. The fraction of sp³-hybridized carbons (Fsp3) is 0.100. The van der Waals surface area contributed by atoms with Gasteiger partial charge in [0.2, 0.25) is 0 Å². The molecule has 4 nitrogen and oxygen atoms in total. The van der Waals surface area contributed by atoms with E-state index in [1.54, 1.807) is 13.1 Å². The quantitative estimate of drug-likeness (QED) is 0.415. The van der Waals surface area contributed by atoms with E-state index in [4.69, 9.17) is 5.84 Å². The van der Waals surface area contributed by atoms with E-state index in [0.717, 1.165) is 11.0 Å². The largest absolute Gasteiger partial charge is 0.323 e. The first-order valence-corrected chi connectivity index (χ1v) is 4.28. The number of fused-ring (bicyclic) bond motifs is 1. The summed E-state index contributed by atoms with van der Waals surface area (Å²) in [5.74, 6) is 5.17. The van der Waals surface area contributed by atoms with Crippen LogP contribution >= 0.6 is 0 Å². The summed E-state index contributed by atoms with van der Waals surface area (Å²) in [7, 11) is 0. The van der Waals surface area contributed by atoms with E-state index in [9.17, 15) is 0 Å². The fourth-order valence-corrected chi connectivity index (χ4v) is 1.20. The van der Waals surface area contributed by atoms with Gasteiger partial charge in [0, 0.05) is 0 Å². The van der Waals surface area contributed by atoms with E-state index < -0.39 is 0 Å². The van der Waals surface area contributed by atoms with Crippen LogP contribution in [0.1, 0.15) is 12.6 Å². The van der Waals surface area contributed by atoms with Crippen LogP contribution < -0.4 is 5.84 Å². The Bertz CT molecular complexity index is 490. The Morgan fingerprint density at radius 1 is 1.29 bits per heavy atom. The third-order valence-corrected chi connectivity index (χ3v) is 2.01. The Morgan fingerprint density at radius 3 is 2.71 bits per heavy atom. The first-order chi connectivity index (χ1) is 6.81. The Kier molecular flexibility index (Phi) is 2.10. The lowest BCUT2D eigenvalue weighted by atomic mass is 10.2. The minimum absolute atomic E-state index is 0.684. The Morgan fingerprint density at radius 2 is 2.00 bits per heavy atom. The molecule has 0 radical (unpaired) electrons. The summed E-state index contributed by atoms with van der Waals surface area (Å²) in [6, 6.07) is 7.69. The van der Waals surface area contributed by atoms with E-state index in [2.05, 4.69) is 15.1 Å². The maximum Gasteiger partial charge on any atom is 0.105 e. The zero-order valence-electron chi connectivity index (χ0n) is 7.81. The molecule has 0 fully saturated rings. The van der Waals surface area contributed by atoms with Gasteiger partial charge in [0.1, 0.15) is 5.69 Å². The van der Waals surface area contributed by atoms with Crippen molar-refractivity contribution >= 4 is 16.7 Å². The lowest BCUT2D eigenvalue weighted by Gasteiger charge is -1.99. The van der Waals surface area contributed by atoms with Crippen LogP contribution in [0.4, 0.5) is 0 Å². The van der Waals surface area contributed by atoms with Crippen LogP contribution in [0.3, 0.4) is 0 Å². The normalized spacial score (nSPS) is 11.9. The number of benzene rings is 1. The minimum Gasteiger partial charge on any atom is -0.323 e. The summed E-state index contributed by atoms with van der Waals surface area (Å²) in [6.07, 6.45) is 1.67. The van der Waals surface area contributed by atoms with Gasteiger partial charge in [0.05, 0.1) is 22.9 Å². The molecule has 2 aromatic rings. The van der Waals surface area contributed by atoms with Gasteiger partial charge in [-0.25, -0.2) is 4.98 Å². The van der Waals surface area contributed by atoms with Crippen LogP contribution in [-0.4, -0.2) is 15.7 Å². The molecule has 0 amide bonds. The minimum atomic E-state index is 0.684. The standard InChI is InChI=1S/C10H10N4/c1-7(14-11)10-6-12-8-4-2-3-5-9(8)13-10/h2-6H,11H2,1H3/b14-7+. The van der Waals surface area contributed by atoms with Gasteiger partial charge in [-0.2, -0.15) is 5.10 Å². The van der Waals surface area contributed by atoms with Crippen molar-refractivity contribution in [2.45, 2.75) is 6.92 Å². The van der Waals surface area contributed by atoms with Crippen molar-refractivity contribution in [3.63, 3.8) is 0 Å². The highest BCUT2D eigenvalue weighted by Crippen LogP contribution is 2.08. The highest BCUT2D eigenvalue weighted by molar-refractivity contribution is 5.97. The van der Waals surface area contributed by atoms with E-state index in [-0.39, 0.29) is 0 Å². The number of rotatable bonds is 1. The SMILES string of the molecule is C/C(=N\N)c1cnc2ccccc2n1. The van der Waals surface area contributed by atoms with Crippen LogP contribution in [0, 0.1) is 0 Å². The van der Waals surface area contributed by atoms with Gasteiger partial charge in [0.15, 0.2) is 0 Å². The summed E-state index contributed by atoms with van der Waals surface area (Å²) < 4.78 is 0. The zero-order chi connectivity index (χ0) is 9.97. The fourth-order valence-electron chi connectivity index (χ4n) is 1.20. The number of aromatic nitrogens is 2. The maximum absolute atomic E-state index is 5.17. The van der Waals surface area contributed by atoms with Crippen LogP contribution in [0.2, 0.25) is 0 Å². The monoisotopic (exact) mass is 186 g/mol. The van der Waals surface area contributed by atoms with Crippen LogP contribution in [0.25, 0.3) is 11.0 Å². The van der Waals surface area contributed by atoms with Crippen molar-refractivity contribution in [1.82, 2.24) is 9.97 Å². The molecule has 0 aliphatic rings. The third-order valence-electron chi connectivity index (χ3n) is 2.01. The molecule has 4 heteroatoms. The van der Waals surface area contributed by atoms with E-state index in [1.807, 2.05) is 24.3 Å². The van der Waals surface area contributed by atoms with Crippen molar-refractivity contribution in [2.24, 2.45) is 10.9 Å². The van der Waals surface area contributed by atoms with Crippen molar-refractivity contribution in [2.75, 3.05) is 0 Å². The molecule has 1 aromatic carbocycles. The summed E-state index contributed by atoms with van der Waals surface area (Å²) in [5.41, 5.74) is 3.13. The Labute approximate surface area is 81.5 Å². The first-order valence-electron chi connectivity index (χ1n) is 4.28. The van der Waals surface area contributed by atoms with Gasteiger partial charge in [0.25, 0.3) is 0 Å². The summed E-state index contributed by atoms with van der Waals surface area (Å²) >= 11 is 0. The molecule has 0 bridgehead atoms. The van der Waals surface area contributed by atoms with Gasteiger partial charge in [-0.3, -0.25) is 4.98 Å². The number of hydrogen-bond acceptors (Lipinski definition) is 4. The highest BCUT2D eigenvalue weighted by Gasteiger charge is 2.01. The average Bonchev–Trinajstić information content (AvgIpc) is 2.27. The van der Waals surface area contributed by atoms with E-state index in [0.29, 0.717) is 11.4 Å². The highest BCUT2D eigenvalue weighted by atomic mass is 15.1. The van der Waals surface area contributed by atoms with Gasteiger partial charge < -0.3 is 5.84 Å². The molecule has 0 saturated carbocycles. The molecule has 0 aliphatic heterocycles. The van der Waals surface area contributed by atoms with Crippen molar-refractivity contribution in [3.05, 3.63) is 36.2 Å². The van der Waals surface area contributed by atoms with Gasteiger partial charge in [-0.15, -0.1) is 0 Å². The predicted molar refractivity (Wildman–Crippen MR) is 55.9 cm³/mol. The third kappa shape index (κ3) is 1.42. The molecular weight excluding hydrogens is 176 g/mol. The lowest BCUT2D eigenvalue weighted by Crippen LogP contribution is -2.02. The molecule has 0 unspecified atom stereocenters. The van der Waals surface area contributed by atoms with Crippen LogP contribution in [0.15, 0.2) is 35.6 Å². The number of nitrogens with two attached hydrogens (primary N) is 1. The second-order valence-electron chi connectivity index (χ2n) is 2.96. The van der Waals surface area contributed by atoms with Crippen molar-refractivity contribution in [1.29, 1.82) is 0 Å². The molecule has 0 aliphatic carbocycles. The predicted octanol–water partition coefficient (Wildman–Crippen LogP) is 1.31. The van der Waals surface area contributed by atoms with Crippen LogP contribution in [-0.2, 0) is 0 Å². The molecule has 1 heterocycles. The van der Waals surface area contributed by atoms with E-state index in [1.165, 1.54) is 0 Å². The second-order valence-corrected chi connectivity index (χ2v) is 2.96. The summed E-state index contributed by atoms with van der Waals surface area (Å²) in [6.45, 7) is 1.80. The average molecular weight is 186 g/mol. The molecule has 0 spiro atoms. The van der Waals surface area contributed by atoms with Crippen molar-refractivity contribution in [3.8, 4) is 0 Å². The van der Waals surface area contributed by atoms with Gasteiger partial charge in [-0.05, 0) is 19.1 Å². The summed E-state index contributed by atoms with van der Waals surface area (Å²) in [5, 5.41) is 3.58. The molecule has 0 atom stereocenters.